The molecule has 2 fully saturated rings. The largest absolute Gasteiger partial charge is 0.507 e. The first-order valence-corrected chi connectivity index (χ1v) is 13.3. The molecule has 2 aliphatic rings. The summed E-state index contributed by atoms with van der Waals surface area (Å²) in [5.74, 6) is -1.10. The Hall–Kier alpha value is -1.63. The molecule has 2 atom stereocenters. The smallest absolute Gasteiger partial charge is 0.313 e. The summed E-state index contributed by atoms with van der Waals surface area (Å²) in [6.07, 6.45) is 1.24. The van der Waals surface area contributed by atoms with Gasteiger partial charge in [0.2, 0.25) is 0 Å². The van der Waals surface area contributed by atoms with Gasteiger partial charge in [0.1, 0.15) is 18.5 Å². The first kappa shape index (κ1) is 28.9. The fourth-order valence-corrected chi connectivity index (χ4v) is 5.81. The number of likely N-dealkylation sites (tertiary alicyclic amines) is 1. The molecule has 3 rings (SSSR count). The van der Waals surface area contributed by atoms with Crippen LogP contribution in [0.5, 0.6) is 5.75 Å². The Kier molecular flexibility index (Phi) is 7.46. The molecule has 2 aliphatic heterocycles. The number of esters is 1. The van der Waals surface area contributed by atoms with Crippen molar-refractivity contribution in [3.8, 4) is 5.75 Å². The quantitative estimate of drug-likeness (QED) is 0.506. The number of aromatic hydroxyl groups is 1. The van der Waals surface area contributed by atoms with Crippen molar-refractivity contribution in [3.63, 3.8) is 0 Å². The van der Waals surface area contributed by atoms with Gasteiger partial charge in [-0.15, -0.1) is 0 Å². The number of nitrogens with zero attached hydrogens (tertiary/aromatic N) is 1. The summed E-state index contributed by atoms with van der Waals surface area (Å²) in [6.45, 7) is 23.7. The molecule has 1 aromatic rings. The van der Waals surface area contributed by atoms with Gasteiger partial charge in [0.25, 0.3) is 0 Å². The van der Waals surface area contributed by atoms with E-state index in [0.717, 1.165) is 29.5 Å². The molecule has 0 bridgehead atoms. The van der Waals surface area contributed by atoms with E-state index in [9.17, 15) is 9.90 Å². The molecular formula is C30H49NO5. The second-order valence-electron chi connectivity index (χ2n) is 14.3. The van der Waals surface area contributed by atoms with Gasteiger partial charge in [-0.25, -0.2) is 0 Å². The van der Waals surface area contributed by atoms with E-state index in [4.69, 9.17) is 14.2 Å². The van der Waals surface area contributed by atoms with Gasteiger partial charge in [-0.3, -0.25) is 9.69 Å². The predicted molar refractivity (Wildman–Crippen MR) is 144 cm³/mol. The molecule has 1 N–H and O–H groups in total. The third-order valence-corrected chi connectivity index (χ3v) is 8.15. The van der Waals surface area contributed by atoms with E-state index < -0.39 is 11.7 Å². The van der Waals surface area contributed by atoms with Crippen molar-refractivity contribution in [1.29, 1.82) is 0 Å². The number of rotatable bonds is 4. The lowest BCUT2D eigenvalue weighted by atomic mass is 9.76. The molecular weight excluding hydrogens is 454 g/mol. The Morgan fingerprint density at radius 3 is 1.97 bits per heavy atom. The average Bonchev–Trinajstić information content (AvgIpc) is 3.09. The molecule has 0 aliphatic carbocycles. The summed E-state index contributed by atoms with van der Waals surface area (Å²) >= 11 is 0. The van der Waals surface area contributed by atoms with E-state index >= 15 is 0 Å². The fraction of sp³-hybridized carbons (Fsp3) is 0.767. The standard InChI is InChI=1S/C30H49NO5/c1-19(20-13-22(26(2,3)4)24(32)23(14-20)27(5,6)7)25(33)34-15-21-16-35-30(36-21)17-28(8,9)31(12)29(10,11)18-30/h13-14,19,21,32H,15-18H2,1-12H3. The molecule has 0 aromatic heterocycles. The Balaban J connectivity index is 1.72. The zero-order valence-corrected chi connectivity index (χ0v) is 24.7. The van der Waals surface area contributed by atoms with Crippen LogP contribution in [0.4, 0.5) is 0 Å². The zero-order chi connectivity index (χ0) is 27.5. The van der Waals surface area contributed by atoms with E-state index in [0.29, 0.717) is 12.4 Å². The third-order valence-electron chi connectivity index (χ3n) is 8.15. The molecule has 36 heavy (non-hydrogen) atoms. The Bertz CT molecular complexity index is 929. The van der Waals surface area contributed by atoms with Crippen molar-refractivity contribution < 1.29 is 24.1 Å². The van der Waals surface area contributed by atoms with Crippen molar-refractivity contribution >= 4 is 5.97 Å². The lowest BCUT2D eigenvalue weighted by Crippen LogP contribution is -2.64. The first-order valence-electron chi connectivity index (χ1n) is 13.3. The minimum Gasteiger partial charge on any atom is -0.507 e. The average molecular weight is 504 g/mol. The SMILES string of the molecule is CC(C(=O)OCC1COC2(CC(C)(C)N(C)C(C)(C)C2)O1)c1cc(C(C)(C)C)c(O)c(C(C)(C)C)c1. The zero-order valence-electron chi connectivity index (χ0n) is 24.7. The van der Waals surface area contributed by atoms with Crippen LogP contribution >= 0.6 is 0 Å². The number of hydrogen-bond acceptors (Lipinski definition) is 6. The van der Waals surface area contributed by atoms with Crippen LogP contribution in [0.25, 0.3) is 0 Å². The van der Waals surface area contributed by atoms with Gasteiger partial charge in [0.15, 0.2) is 5.79 Å². The van der Waals surface area contributed by atoms with Crippen molar-refractivity contribution in [2.45, 2.75) is 129 Å². The van der Waals surface area contributed by atoms with Gasteiger partial charge in [-0.2, -0.15) is 0 Å². The maximum Gasteiger partial charge on any atom is 0.313 e. The first-order chi connectivity index (χ1) is 16.2. The summed E-state index contributed by atoms with van der Waals surface area (Å²) < 4.78 is 18.4. The van der Waals surface area contributed by atoms with Gasteiger partial charge < -0.3 is 19.3 Å². The summed E-state index contributed by atoms with van der Waals surface area (Å²) in [7, 11) is 2.15. The van der Waals surface area contributed by atoms with E-state index in [1.165, 1.54) is 0 Å². The number of piperidine rings is 1. The van der Waals surface area contributed by atoms with Gasteiger partial charge in [-0.05, 0) is 69.2 Å². The van der Waals surface area contributed by atoms with Crippen molar-refractivity contribution in [1.82, 2.24) is 4.90 Å². The number of benzene rings is 1. The van der Waals surface area contributed by atoms with Crippen LogP contribution in [0.15, 0.2) is 12.1 Å². The molecule has 0 radical (unpaired) electrons. The molecule has 2 saturated heterocycles. The summed E-state index contributed by atoms with van der Waals surface area (Å²) in [6, 6.07) is 3.90. The summed E-state index contributed by atoms with van der Waals surface area (Å²) in [4.78, 5) is 15.5. The highest BCUT2D eigenvalue weighted by molar-refractivity contribution is 5.78. The number of carbonyl (C=O) groups is 1. The molecule has 2 heterocycles. The number of ether oxygens (including phenoxy) is 3. The fourth-order valence-electron chi connectivity index (χ4n) is 5.81. The number of carbonyl (C=O) groups excluding carboxylic acids is 1. The maximum atomic E-state index is 13.1. The van der Waals surface area contributed by atoms with Crippen LogP contribution < -0.4 is 0 Å². The topological polar surface area (TPSA) is 68.2 Å². The van der Waals surface area contributed by atoms with Gasteiger partial charge in [0, 0.05) is 23.9 Å². The highest BCUT2D eigenvalue weighted by atomic mass is 16.8. The highest BCUT2D eigenvalue weighted by Gasteiger charge is 2.55. The molecule has 0 amide bonds. The van der Waals surface area contributed by atoms with Crippen LogP contribution in [0.2, 0.25) is 0 Å². The van der Waals surface area contributed by atoms with Gasteiger partial charge >= 0.3 is 5.97 Å². The molecule has 2 unspecified atom stereocenters. The molecule has 6 nitrogen and oxygen atoms in total. The molecule has 1 spiro atoms. The third kappa shape index (κ3) is 5.76. The van der Waals surface area contributed by atoms with Crippen LogP contribution in [-0.2, 0) is 29.8 Å². The molecule has 0 saturated carbocycles. The normalized spacial score (nSPS) is 24.6. The van der Waals surface area contributed by atoms with Crippen molar-refractivity contribution in [2.75, 3.05) is 20.3 Å². The highest BCUT2D eigenvalue weighted by Crippen LogP contribution is 2.47. The summed E-state index contributed by atoms with van der Waals surface area (Å²) in [5, 5.41) is 11.0. The molecule has 6 heteroatoms. The predicted octanol–water partition coefficient (Wildman–Crippen LogP) is 6.03. The van der Waals surface area contributed by atoms with Gasteiger partial charge in [0.05, 0.1) is 12.5 Å². The lowest BCUT2D eigenvalue weighted by Gasteiger charge is -2.56. The Morgan fingerprint density at radius 2 is 1.53 bits per heavy atom. The number of hydrogen-bond donors (Lipinski definition) is 1. The van der Waals surface area contributed by atoms with Crippen LogP contribution in [0.1, 0.15) is 112 Å². The molecule has 1 aromatic carbocycles. The van der Waals surface area contributed by atoms with Crippen LogP contribution in [-0.4, -0.2) is 59.2 Å². The van der Waals surface area contributed by atoms with E-state index in [1.807, 2.05) is 19.1 Å². The van der Waals surface area contributed by atoms with E-state index in [1.54, 1.807) is 0 Å². The lowest BCUT2D eigenvalue weighted by molar-refractivity contribution is -0.244. The Morgan fingerprint density at radius 1 is 1.06 bits per heavy atom. The summed E-state index contributed by atoms with van der Waals surface area (Å²) in [5.41, 5.74) is 1.86. The number of phenolic OH excluding ortho intramolecular Hbond substituents is 1. The van der Waals surface area contributed by atoms with Gasteiger partial charge in [-0.1, -0.05) is 53.7 Å². The number of phenols is 1. The van der Waals surface area contributed by atoms with Crippen molar-refractivity contribution in [3.05, 3.63) is 28.8 Å². The second-order valence-corrected chi connectivity index (χ2v) is 14.3. The minimum absolute atomic E-state index is 0.0732. The minimum atomic E-state index is -0.650. The van der Waals surface area contributed by atoms with E-state index in [-0.39, 0.29) is 40.6 Å². The maximum absolute atomic E-state index is 13.1. The van der Waals surface area contributed by atoms with Crippen molar-refractivity contribution in [2.24, 2.45) is 0 Å². The monoisotopic (exact) mass is 503 g/mol. The second kappa shape index (κ2) is 9.28. The Labute approximate surface area is 218 Å². The van der Waals surface area contributed by atoms with Crippen LogP contribution in [0, 0.1) is 0 Å². The van der Waals surface area contributed by atoms with Crippen LogP contribution in [0.3, 0.4) is 0 Å². The molecule has 204 valence electrons. The van der Waals surface area contributed by atoms with E-state index in [2.05, 4.69) is 81.2 Å².